The van der Waals surface area contributed by atoms with Crippen molar-refractivity contribution in [3.63, 3.8) is 0 Å². The fraction of sp³-hybridized carbons (Fsp3) is 0.562. The van der Waals surface area contributed by atoms with Crippen LogP contribution in [0.4, 0.5) is 0 Å². The van der Waals surface area contributed by atoms with Crippen molar-refractivity contribution in [2.75, 3.05) is 12.4 Å². The average molecular weight is 286 g/mol. The Morgan fingerprint density at radius 2 is 1.68 bits per heavy atom. The van der Waals surface area contributed by atoms with E-state index in [0.29, 0.717) is 6.42 Å². The smallest absolute Gasteiger partial charge is 0.124 e. The second kappa shape index (κ2) is 22.4. The predicted octanol–water partition coefficient (Wildman–Crippen LogP) is 4.59. The summed E-state index contributed by atoms with van der Waals surface area (Å²) in [6.07, 6.45) is 1.47. The highest BCUT2D eigenvalue weighted by molar-refractivity contribution is 7.99. The van der Waals surface area contributed by atoms with Gasteiger partial charge in [0.05, 0.1) is 0 Å². The average Bonchev–Trinajstić information content (AvgIpc) is 2.45. The van der Waals surface area contributed by atoms with E-state index in [9.17, 15) is 4.79 Å². The number of rotatable bonds is 4. The van der Waals surface area contributed by atoms with E-state index in [1.807, 2.05) is 39.8 Å². The first-order valence-electron chi connectivity index (χ1n) is 7.04. The minimum Gasteiger partial charge on any atom is -0.397 e. The van der Waals surface area contributed by atoms with Crippen molar-refractivity contribution in [2.45, 2.75) is 52.9 Å². The number of thioether (sulfide) groups is 1. The Morgan fingerprint density at radius 1 is 1.16 bits per heavy atom. The van der Waals surface area contributed by atoms with Crippen molar-refractivity contribution >= 4 is 18.0 Å². The van der Waals surface area contributed by atoms with Gasteiger partial charge in [-0.2, -0.15) is 0 Å². The Kier molecular flexibility index (Phi) is 27.5. The molecule has 0 aliphatic rings. The highest BCUT2D eigenvalue weighted by Gasteiger charge is 1.94. The first-order chi connectivity index (χ1) is 9.28. The summed E-state index contributed by atoms with van der Waals surface area (Å²) in [7, 11) is 0. The summed E-state index contributed by atoms with van der Waals surface area (Å²) in [4.78, 5) is 11.5. The van der Waals surface area contributed by atoms with Gasteiger partial charge in [0.1, 0.15) is 6.29 Å². The van der Waals surface area contributed by atoms with Crippen molar-refractivity contribution in [1.82, 2.24) is 0 Å². The summed E-state index contributed by atoms with van der Waals surface area (Å²) in [5.41, 5.74) is 1.10. The molecule has 0 fully saturated rings. The number of carbonyl (C=O) groups excluding carboxylic acids is 1. The molecule has 0 atom stereocenters. The molecule has 2 nitrogen and oxygen atoms in total. The van der Waals surface area contributed by atoms with E-state index in [1.54, 1.807) is 18.7 Å². The molecule has 0 saturated carbocycles. The van der Waals surface area contributed by atoms with Gasteiger partial charge in [-0.3, -0.25) is 0 Å². The van der Waals surface area contributed by atoms with E-state index >= 15 is 0 Å². The molecule has 0 radical (unpaired) electrons. The van der Waals surface area contributed by atoms with Crippen LogP contribution in [0.15, 0.2) is 29.2 Å². The zero-order chi connectivity index (χ0) is 15.5. The Hall–Kier alpha value is -0.800. The molecule has 1 aromatic rings. The largest absolute Gasteiger partial charge is 0.397 e. The molecule has 0 unspecified atom stereocenters. The van der Waals surface area contributed by atoms with Crippen LogP contribution in [0.5, 0.6) is 0 Å². The topological polar surface area (TPSA) is 37.3 Å². The summed E-state index contributed by atoms with van der Waals surface area (Å²) in [6.45, 7) is 12.1. The summed E-state index contributed by atoms with van der Waals surface area (Å²) >= 11 is 1.80. The van der Waals surface area contributed by atoms with Crippen molar-refractivity contribution in [3.05, 3.63) is 29.8 Å². The normalized spacial score (nSPS) is 7.74. The Bertz CT molecular complexity index is 275. The Labute approximate surface area is 123 Å². The van der Waals surface area contributed by atoms with Crippen LogP contribution < -0.4 is 0 Å². The van der Waals surface area contributed by atoms with Gasteiger partial charge in [0, 0.05) is 17.9 Å². The number of aliphatic hydroxyl groups is 1. The molecule has 1 N–H and O–H groups in total. The van der Waals surface area contributed by atoms with Gasteiger partial charge in [-0.05, 0) is 30.4 Å². The molecule has 0 heterocycles. The minimum atomic E-state index is 0.250. The van der Waals surface area contributed by atoms with E-state index in [2.05, 4.69) is 19.1 Å². The van der Waals surface area contributed by atoms with Gasteiger partial charge in [-0.1, -0.05) is 46.8 Å². The highest BCUT2D eigenvalue weighted by atomic mass is 32.2. The third-order valence-electron chi connectivity index (χ3n) is 1.53. The van der Waals surface area contributed by atoms with Gasteiger partial charge >= 0.3 is 0 Å². The van der Waals surface area contributed by atoms with Crippen LogP contribution in [0.25, 0.3) is 0 Å². The molecule has 19 heavy (non-hydrogen) atoms. The van der Waals surface area contributed by atoms with E-state index in [1.165, 1.54) is 4.90 Å². The van der Waals surface area contributed by atoms with Crippen LogP contribution in [0.3, 0.4) is 0 Å². The number of hydrogen-bond donors (Lipinski definition) is 1. The van der Waals surface area contributed by atoms with Crippen molar-refractivity contribution < 1.29 is 9.90 Å². The fourth-order valence-corrected chi connectivity index (χ4v) is 1.77. The lowest BCUT2D eigenvalue weighted by atomic mass is 10.2. The molecule has 0 spiro atoms. The quantitative estimate of drug-likeness (QED) is 0.649. The second-order valence-electron chi connectivity index (χ2n) is 2.77. The number of aliphatic hydroxyl groups excluding tert-OH is 1. The number of benzene rings is 1. The van der Waals surface area contributed by atoms with E-state index in [4.69, 9.17) is 5.11 Å². The molecule has 0 saturated heterocycles. The summed E-state index contributed by atoms with van der Waals surface area (Å²) in [6, 6.07) is 8.12. The van der Waals surface area contributed by atoms with Gasteiger partial charge < -0.3 is 9.90 Å². The van der Waals surface area contributed by atoms with Gasteiger partial charge in [-0.15, -0.1) is 11.8 Å². The van der Waals surface area contributed by atoms with Crippen LogP contribution in [0.1, 0.15) is 47.1 Å². The maximum absolute atomic E-state index is 10.2. The lowest BCUT2D eigenvalue weighted by Crippen LogP contribution is -1.85. The van der Waals surface area contributed by atoms with Gasteiger partial charge in [0.25, 0.3) is 0 Å². The lowest BCUT2D eigenvalue weighted by molar-refractivity contribution is -0.107. The number of hydrogen-bond acceptors (Lipinski definition) is 3. The van der Waals surface area contributed by atoms with Crippen LogP contribution in [-0.2, 0) is 11.2 Å². The van der Waals surface area contributed by atoms with Crippen LogP contribution >= 0.6 is 11.8 Å². The number of carbonyl (C=O) groups is 1. The van der Waals surface area contributed by atoms with Gasteiger partial charge in [-0.25, -0.2) is 0 Å². The SMILES string of the molecule is CC.CC.CCO.CCSc1cccc(CC=O)c1. The highest BCUT2D eigenvalue weighted by Crippen LogP contribution is 2.18. The first kappa shape index (κ1) is 23.3. The molecule has 0 amide bonds. The van der Waals surface area contributed by atoms with Crippen LogP contribution in [-0.4, -0.2) is 23.8 Å². The van der Waals surface area contributed by atoms with Crippen molar-refractivity contribution in [1.29, 1.82) is 0 Å². The molecular weight excluding hydrogens is 256 g/mol. The summed E-state index contributed by atoms with van der Waals surface area (Å²) < 4.78 is 0. The monoisotopic (exact) mass is 286 g/mol. The maximum Gasteiger partial charge on any atom is 0.124 e. The van der Waals surface area contributed by atoms with E-state index in [-0.39, 0.29) is 6.61 Å². The minimum absolute atomic E-state index is 0.250. The second-order valence-corrected chi connectivity index (χ2v) is 4.10. The van der Waals surface area contributed by atoms with E-state index in [0.717, 1.165) is 17.6 Å². The summed E-state index contributed by atoms with van der Waals surface area (Å²) in [5, 5.41) is 7.57. The van der Waals surface area contributed by atoms with Gasteiger partial charge in [0.2, 0.25) is 0 Å². The van der Waals surface area contributed by atoms with Crippen LogP contribution in [0.2, 0.25) is 0 Å². The standard InChI is InChI=1S/C10H12OS.C2H6O.2C2H6/c1-2-12-10-5-3-4-9(8-10)6-7-11;1-2-3;2*1-2/h3-5,7-8H,2,6H2,1H3;3H,2H2,1H3;2*1-2H3. The van der Waals surface area contributed by atoms with Gasteiger partial charge in [0.15, 0.2) is 0 Å². The molecule has 0 aromatic heterocycles. The lowest BCUT2D eigenvalue weighted by Gasteiger charge is -1.99. The molecule has 0 aliphatic heterocycles. The Morgan fingerprint density at radius 3 is 2.11 bits per heavy atom. The molecular formula is C16H30O2S. The third-order valence-corrected chi connectivity index (χ3v) is 2.40. The molecule has 3 heteroatoms. The summed E-state index contributed by atoms with van der Waals surface area (Å²) in [5.74, 6) is 1.07. The zero-order valence-electron chi connectivity index (χ0n) is 13.3. The zero-order valence-corrected chi connectivity index (χ0v) is 14.1. The molecule has 0 aliphatic carbocycles. The molecule has 1 aromatic carbocycles. The predicted molar refractivity (Wildman–Crippen MR) is 88.1 cm³/mol. The maximum atomic E-state index is 10.2. The molecule has 1 rings (SSSR count). The third kappa shape index (κ3) is 17.2. The molecule has 112 valence electrons. The Balaban J connectivity index is -0.000000313. The first-order valence-corrected chi connectivity index (χ1v) is 8.03. The van der Waals surface area contributed by atoms with Crippen LogP contribution in [0, 0.1) is 0 Å². The van der Waals surface area contributed by atoms with Crippen molar-refractivity contribution in [3.8, 4) is 0 Å². The van der Waals surface area contributed by atoms with E-state index < -0.39 is 0 Å². The molecule has 0 bridgehead atoms. The van der Waals surface area contributed by atoms with Crippen molar-refractivity contribution in [2.24, 2.45) is 0 Å². The number of aldehydes is 1. The fourth-order valence-electron chi connectivity index (χ4n) is 1.03.